The SMILES string of the molecule is C[C@@H](NC(=O)N1CCc2cnc(C[C@H]3CC[C@H](O)C3)cc2C1)c1ccc(Cl)c(Cl)c1. The van der Waals surface area contributed by atoms with Crippen LogP contribution in [0.1, 0.15) is 54.6 Å². The maximum Gasteiger partial charge on any atom is 0.318 e. The van der Waals surface area contributed by atoms with Crippen molar-refractivity contribution in [3.05, 3.63) is 62.9 Å². The number of benzene rings is 1. The summed E-state index contributed by atoms with van der Waals surface area (Å²) in [5, 5.41) is 13.8. The molecular weight excluding hydrogens is 421 g/mol. The Balaban J connectivity index is 1.39. The summed E-state index contributed by atoms with van der Waals surface area (Å²) in [6.45, 7) is 3.19. The molecule has 1 aromatic carbocycles. The number of carbonyl (C=O) groups is 1. The zero-order valence-corrected chi connectivity index (χ0v) is 18.6. The van der Waals surface area contributed by atoms with Crippen molar-refractivity contribution in [2.75, 3.05) is 6.54 Å². The number of urea groups is 1. The molecule has 1 aliphatic heterocycles. The van der Waals surface area contributed by atoms with Crippen molar-refractivity contribution >= 4 is 29.2 Å². The maximum absolute atomic E-state index is 12.9. The highest BCUT2D eigenvalue weighted by Crippen LogP contribution is 2.29. The van der Waals surface area contributed by atoms with Crippen LogP contribution < -0.4 is 5.32 Å². The molecule has 2 heterocycles. The molecule has 30 heavy (non-hydrogen) atoms. The highest BCUT2D eigenvalue weighted by molar-refractivity contribution is 6.42. The van der Waals surface area contributed by atoms with Crippen molar-refractivity contribution in [1.29, 1.82) is 0 Å². The number of fused-ring (bicyclic) bond motifs is 1. The Morgan fingerprint density at radius 3 is 2.83 bits per heavy atom. The van der Waals surface area contributed by atoms with Crippen LogP contribution in [0.25, 0.3) is 0 Å². The number of amides is 2. The summed E-state index contributed by atoms with van der Waals surface area (Å²) in [7, 11) is 0. The molecule has 1 aromatic heterocycles. The molecule has 4 rings (SSSR count). The van der Waals surface area contributed by atoms with E-state index in [1.165, 1.54) is 11.1 Å². The average Bonchev–Trinajstić information content (AvgIpc) is 3.13. The zero-order chi connectivity index (χ0) is 21.3. The lowest BCUT2D eigenvalue weighted by Gasteiger charge is -2.30. The van der Waals surface area contributed by atoms with E-state index in [0.29, 0.717) is 29.1 Å². The van der Waals surface area contributed by atoms with Gasteiger partial charge in [-0.1, -0.05) is 29.3 Å². The summed E-state index contributed by atoms with van der Waals surface area (Å²) in [6.07, 6.45) is 6.30. The Kier molecular flexibility index (Phi) is 6.51. The molecule has 7 heteroatoms. The van der Waals surface area contributed by atoms with Crippen LogP contribution in [0, 0.1) is 5.92 Å². The molecule has 0 radical (unpaired) electrons. The quantitative estimate of drug-likeness (QED) is 0.698. The van der Waals surface area contributed by atoms with Crippen LogP contribution in [-0.4, -0.2) is 33.7 Å². The normalized spacial score (nSPS) is 21.9. The van der Waals surface area contributed by atoms with Gasteiger partial charge in [-0.15, -0.1) is 0 Å². The van der Waals surface area contributed by atoms with Crippen molar-refractivity contribution in [1.82, 2.24) is 15.2 Å². The number of aromatic nitrogens is 1. The van der Waals surface area contributed by atoms with E-state index in [1.807, 2.05) is 24.1 Å². The van der Waals surface area contributed by atoms with Crippen LogP contribution in [0.2, 0.25) is 10.0 Å². The first-order chi connectivity index (χ1) is 14.4. The van der Waals surface area contributed by atoms with Gasteiger partial charge in [0, 0.05) is 25.0 Å². The third kappa shape index (κ3) is 4.90. The van der Waals surface area contributed by atoms with E-state index in [-0.39, 0.29) is 18.2 Å². The summed E-state index contributed by atoms with van der Waals surface area (Å²) >= 11 is 12.1. The second-order valence-electron chi connectivity index (χ2n) is 8.50. The minimum absolute atomic E-state index is 0.0866. The van der Waals surface area contributed by atoms with Crippen molar-refractivity contribution in [3.63, 3.8) is 0 Å². The van der Waals surface area contributed by atoms with Crippen molar-refractivity contribution in [3.8, 4) is 0 Å². The van der Waals surface area contributed by atoms with Gasteiger partial charge >= 0.3 is 6.03 Å². The van der Waals surface area contributed by atoms with Crippen LogP contribution in [0.15, 0.2) is 30.5 Å². The minimum Gasteiger partial charge on any atom is -0.393 e. The van der Waals surface area contributed by atoms with Gasteiger partial charge in [-0.25, -0.2) is 4.79 Å². The summed E-state index contributed by atoms with van der Waals surface area (Å²) in [5.41, 5.74) is 4.36. The molecule has 0 spiro atoms. The first kappa shape index (κ1) is 21.4. The zero-order valence-electron chi connectivity index (χ0n) is 17.1. The summed E-state index contributed by atoms with van der Waals surface area (Å²) in [4.78, 5) is 19.3. The highest BCUT2D eigenvalue weighted by atomic mass is 35.5. The van der Waals surface area contributed by atoms with Gasteiger partial charge in [0.1, 0.15) is 0 Å². The Morgan fingerprint density at radius 2 is 2.10 bits per heavy atom. The molecular formula is C23H27Cl2N3O2. The smallest absolute Gasteiger partial charge is 0.318 e. The van der Waals surface area contributed by atoms with Gasteiger partial charge in [-0.3, -0.25) is 4.98 Å². The average molecular weight is 448 g/mol. The third-order valence-corrected chi connectivity index (χ3v) is 6.97. The second kappa shape index (κ2) is 9.13. The lowest BCUT2D eigenvalue weighted by Crippen LogP contribution is -2.43. The van der Waals surface area contributed by atoms with Gasteiger partial charge in [0.25, 0.3) is 0 Å². The van der Waals surface area contributed by atoms with Gasteiger partial charge in [0.15, 0.2) is 0 Å². The molecule has 1 fully saturated rings. The fourth-order valence-electron chi connectivity index (χ4n) is 4.44. The molecule has 2 amide bonds. The minimum atomic E-state index is -0.171. The van der Waals surface area contributed by atoms with Gasteiger partial charge < -0.3 is 15.3 Å². The van der Waals surface area contributed by atoms with E-state index in [4.69, 9.17) is 23.2 Å². The van der Waals surface area contributed by atoms with Gasteiger partial charge in [0.2, 0.25) is 0 Å². The lowest BCUT2D eigenvalue weighted by atomic mass is 9.97. The number of aliphatic hydroxyl groups excluding tert-OH is 1. The Bertz CT molecular complexity index is 937. The molecule has 5 nitrogen and oxygen atoms in total. The van der Waals surface area contributed by atoms with Gasteiger partial charge in [-0.2, -0.15) is 0 Å². The molecule has 2 aliphatic rings. The summed E-state index contributed by atoms with van der Waals surface area (Å²) in [6, 6.07) is 7.30. The van der Waals surface area contributed by atoms with Crippen LogP contribution in [-0.2, 0) is 19.4 Å². The molecule has 3 atom stereocenters. The molecule has 160 valence electrons. The number of nitrogens with zero attached hydrogens (tertiary/aromatic N) is 2. The van der Waals surface area contributed by atoms with Gasteiger partial charge in [0.05, 0.1) is 22.2 Å². The van der Waals surface area contributed by atoms with Crippen LogP contribution in [0.5, 0.6) is 0 Å². The standard InChI is InChI=1S/C23H27Cl2N3O2/c1-14(16-3-5-21(24)22(25)11-16)27-23(30)28-7-6-17-12-26-19(10-18(17)13-28)8-15-2-4-20(29)9-15/h3,5,10-12,14-15,20,29H,2,4,6-9,13H2,1H3,(H,27,30)/t14-,15-,20+/m1/s1. The van der Waals surface area contributed by atoms with Crippen molar-refractivity contribution < 1.29 is 9.90 Å². The molecule has 2 N–H and O–H groups in total. The van der Waals surface area contributed by atoms with Crippen LogP contribution in [0.3, 0.4) is 0 Å². The molecule has 0 bridgehead atoms. The van der Waals surface area contributed by atoms with Gasteiger partial charge in [-0.05, 0) is 79.8 Å². The van der Waals surface area contributed by atoms with E-state index in [1.54, 1.807) is 12.1 Å². The van der Waals surface area contributed by atoms with Crippen molar-refractivity contribution in [2.24, 2.45) is 5.92 Å². The molecule has 2 aromatic rings. The number of carbonyl (C=O) groups excluding carboxylic acids is 1. The fourth-order valence-corrected chi connectivity index (χ4v) is 4.75. The van der Waals surface area contributed by atoms with E-state index < -0.39 is 0 Å². The third-order valence-electron chi connectivity index (χ3n) is 6.23. The van der Waals surface area contributed by atoms with E-state index in [2.05, 4.69) is 16.4 Å². The lowest BCUT2D eigenvalue weighted by molar-refractivity contribution is 0.177. The number of aliphatic hydroxyl groups is 1. The fraction of sp³-hybridized carbons (Fsp3) is 0.478. The Labute approximate surface area is 187 Å². The molecule has 1 aliphatic carbocycles. The Hall–Kier alpha value is -1.82. The highest BCUT2D eigenvalue weighted by Gasteiger charge is 2.25. The van der Waals surface area contributed by atoms with Crippen LogP contribution >= 0.6 is 23.2 Å². The molecule has 0 saturated heterocycles. The molecule has 1 saturated carbocycles. The first-order valence-electron chi connectivity index (χ1n) is 10.5. The van der Waals surface area contributed by atoms with E-state index in [9.17, 15) is 9.90 Å². The number of pyridine rings is 1. The number of hydrogen-bond donors (Lipinski definition) is 2. The van der Waals surface area contributed by atoms with Crippen LogP contribution in [0.4, 0.5) is 4.79 Å². The number of rotatable bonds is 4. The molecule has 0 unspecified atom stereocenters. The predicted octanol–water partition coefficient (Wildman–Crippen LogP) is 4.92. The number of nitrogens with one attached hydrogen (secondary N) is 1. The maximum atomic E-state index is 12.9. The monoisotopic (exact) mass is 447 g/mol. The summed E-state index contributed by atoms with van der Waals surface area (Å²) < 4.78 is 0. The number of halogens is 2. The number of hydrogen-bond acceptors (Lipinski definition) is 3. The topological polar surface area (TPSA) is 65.5 Å². The van der Waals surface area contributed by atoms with E-state index in [0.717, 1.165) is 43.4 Å². The first-order valence-corrected chi connectivity index (χ1v) is 11.3. The Morgan fingerprint density at radius 1 is 1.27 bits per heavy atom. The largest absolute Gasteiger partial charge is 0.393 e. The summed E-state index contributed by atoms with van der Waals surface area (Å²) in [5.74, 6) is 0.501. The predicted molar refractivity (Wildman–Crippen MR) is 119 cm³/mol. The van der Waals surface area contributed by atoms with E-state index >= 15 is 0 Å². The second-order valence-corrected chi connectivity index (χ2v) is 9.31. The van der Waals surface area contributed by atoms with Crippen molar-refractivity contribution in [2.45, 2.75) is 57.7 Å².